The quantitative estimate of drug-likeness (QED) is 0.750. The molecule has 2 N–H and O–H groups in total. The van der Waals surface area contributed by atoms with Crippen LogP contribution in [0.4, 0.5) is 11.4 Å². The van der Waals surface area contributed by atoms with Crippen LogP contribution in [0.3, 0.4) is 0 Å². The number of hydrogen-bond acceptors (Lipinski definition) is 5. The van der Waals surface area contributed by atoms with E-state index in [4.69, 9.17) is 5.73 Å². The van der Waals surface area contributed by atoms with Crippen molar-refractivity contribution < 1.29 is 0 Å². The van der Waals surface area contributed by atoms with Crippen LogP contribution in [-0.4, -0.2) is 17.0 Å². The molecule has 0 atom stereocenters. The second-order valence-corrected chi connectivity index (χ2v) is 5.60. The Balaban J connectivity index is 2.06. The van der Waals surface area contributed by atoms with Crippen molar-refractivity contribution in [2.75, 3.05) is 17.7 Å². The van der Waals surface area contributed by atoms with Crippen molar-refractivity contribution in [1.82, 2.24) is 9.97 Å². The first-order valence-corrected chi connectivity index (χ1v) is 7.32. The van der Waals surface area contributed by atoms with Gasteiger partial charge in [-0.15, -0.1) is 11.3 Å². The van der Waals surface area contributed by atoms with Crippen LogP contribution < -0.4 is 10.6 Å². The van der Waals surface area contributed by atoms with E-state index in [1.807, 2.05) is 24.7 Å². The highest BCUT2D eigenvalue weighted by Crippen LogP contribution is 2.31. The number of aromatic nitrogens is 2. The zero-order chi connectivity index (χ0) is 14.1. The summed E-state index contributed by atoms with van der Waals surface area (Å²) in [6.45, 7) is 2.77. The Morgan fingerprint density at radius 3 is 2.85 bits per heavy atom. The molecule has 2 heterocycles. The average Bonchev–Trinajstić information content (AvgIpc) is 2.91. The summed E-state index contributed by atoms with van der Waals surface area (Å²) in [5.74, 6) is 0. The lowest BCUT2D eigenvalue weighted by atomic mass is 10.1. The molecule has 0 fully saturated rings. The second-order valence-electron chi connectivity index (χ2n) is 4.88. The van der Waals surface area contributed by atoms with Crippen molar-refractivity contribution in [2.45, 2.75) is 13.5 Å². The summed E-state index contributed by atoms with van der Waals surface area (Å²) in [5.41, 5.74) is 11.9. The standard InChI is InChI=1S/C15H16N4S/c1-10-5-12-13(6-17-10)14(16)3-4-15(12)19(2)7-11-8-20-9-18-11/h3-6,8-9H,7,16H2,1-2H3. The Morgan fingerprint density at radius 2 is 2.10 bits per heavy atom. The number of fused-ring (bicyclic) bond motifs is 1. The predicted molar refractivity (Wildman–Crippen MR) is 85.1 cm³/mol. The molecule has 0 amide bonds. The van der Waals surface area contributed by atoms with Gasteiger partial charge in [-0.2, -0.15) is 0 Å². The molecule has 0 aliphatic carbocycles. The summed E-state index contributed by atoms with van der Waals surface area (Å²) in [5, 5.41) is 4.21. The van der Waals surface area contributed by atoms with Gasteiger partial charge < -0.3 is 10.6 Å². The summed E-state index contributed by atoms with van der Waals surface area (Å²) < 4.78 is 0. The normalized spacial score (nSPS) is 10.9. The molecule has 0 aliphatic rings. The van der Waals surface area contributed by atoms with Crippen LogP contribution in [-0.2, 0) is 6.54 Å². The largest absolute Gasteiger partial charge is 0.398 e. The molecule has 4 nitrogen and oxygen atoms in total. The maximum atomic E-state index is 6.04. The molecular formula is C15H16N4S. The van der Waals surface area contributed by atoms with Gasteiger partial charge in [0, 0.05) is 46.5 Å². The molecule has 5 heteroatoms. The molecule has 0 bridgehead atoms. The number of pyridine rings is 1. The van der Waals surface area contributed by atoms with Crippen LogP contribution >= 0.6 is 11.3 Å². The van der Waals surface area contributed by atoms with E-state index in [9.17, 15) is 0 Å². The van der Waals surface area contributed by atoms with Gasteiger partial charge in [0.05, 0.1) is 17.7 Å². The lowest BCUT2D eigenvalue weighted by Crippen LogP contribution is -2.17. The van der Waals surface area contributed by atoms with Gasteiger partial charge in [0.15, 0.2) is 0 Å². The summed E-state index contributed by atoms with van der Waals surface area (Å²) in [6, 6.07) is 6.08. The summed E-state index contributed by atoms with van der Waals surface area (Å²) in [7, 11) is 2.07. The number of nitrogens with zero attached hydrogens (tertiary/aromatic N) is 3. The van der Waals surface area contributed by atoms with Crippen LogP contribution in [0.1, 0.15) is 11.4 Å². The van der Waals surface area contributed by atoms with Crippen molar-refractivity contribution in [3.8, 4) is 0 Å². The molecule has 0 unspecified atom stereocenters. The molecule has 2 aromatic heterocycles. The van der Waals surface area contributed by atoms with Crippen molar-refractivity contribution in [2.24, 2.45) is 0 Å². The Hall–Kier alpha value is -2.14. The summed E-state index contributed by atoms with van der Waals surface area (Å²) in [4.78, 5) is 10.9. The number of hydrogen-bond donors (Lipinski definition) is 1. The van der Waals surface area contributed by atoms with Crippen LogP contribution in [0.15, 0.2) is 35.3 Å². The molecule has 3 aromatic rings. The number of nitrogen functional groups attached to an aromatic ring is 1. The smallest absolute Gasteiger partial charge is 0.0795 e. The first-order valence-electron chi connectivity index (χ1n) is 6.38. The van der Waals surface area contributed by atoms with Crippen LogP contribution in [0.2, 0.25) is 0 Å². The average molecular weight is 284 g/mol. The maximum absolute atomic E-state index is 6.04. The van der Waals surface area contributed by atoms with E-state index in [1.54, 1.807) is 11.3 Å². The topological polar surface area (TPSA) is 55.0 Å². The van der Waals surface area contributed by atoms with Gasteiger partial charge >= 0.3 is 0 Å². The Labute approximate surface area is 121 Å². The molecule has 0 aliphatic heterocycles. The van der Waals surface area contributed by atoms with Crippen molar-refractivity contribution in [3.05, 3.63) is 46.7 Å². The van der Waals surface area contributed by atoms with Gasteiger partial charge in [0.25, 0.3) is 0 Å². The minimum Gasteiger partial charge on any atom is -0.398 e. The SMILES string of the molecule is Cc1cc2c(N(C)Cc3cscn3)ccc(N)c2cn1. The molecule has 20 heavy (non-hydrogen) atoms. The van der Waals surface area contributed by atoms with Crippen molar-refractivity contribution in [3.63, 3.8) is 0 Å². The third-order valence-corrected chi connectivity index (χ3v) is 3.98. The Morgan fingerprint density at radius 1 is 1.25 bits per heavy atom. The van der Waals surface area contributed by atoms with Gasteiger partial charge in [-0.05, 0) is 25.1 Å². The van der Waals surface area contributed by atoms with Crippen LogP contribution in [0.5, 0.6) is 0 Å². The molecule has 1 aromatic carbocycles. The second kappa shape index (κ2) is 5.09. The first-order chi connectivity index (χ1) is 9.65. The first kappa shape index (κ1) is 12.9. The molecule has 0 saturated carbocycles. The van der Waals surface area contributed by atoms with E-state index >= 15 is 0 Å². The predicted octanol–water partition coefficient (Wildman–Crippen LogP) is 3.22. The molecule has 3 rings (SSSR count). The third kappa shape index (κ3) is 2.32. The lowest BCUT2D eigenvalue weighted by Gasteiger charge is -2.21. The fraction of sp³-hybridized carbons (Fsp3) is 0.200. The number of rotatable bonds is 3. The highest BCUT2D eigenvalue weighted by atomic mass is 32.1. The number of anilines is 2. The van der Waals surface area contributed by atoms with E-state index in [-0.39, 0.29) is 0 Å². The summed E-state index contributed by atoms with van der Waals surface area (Å²) in [6.07, 6.45) is 1.85. The molecule has 0 spiro atoms. The van der Waals surface area contributed by atoms with Crippen molar-refractivity contribution in [1.29, 1.82) is 0 Å². The minimum absolute atomic E-state index is 0.762. The zero-order valence-electron chi connectivity index (χ0n) is 11.5. The Kier molecular flexibility index (Phi) is 3.28. The fourth-order valence-electron chi connectivity index (χ4n) is 2.33. The van der Waals surface area contributed by atoms with Gasteiger partial charge in [0.2, 0.25) is 0 Å². The van der Waals surface area contributed by atoms with Gasteiger partial charge in [0.1, 0.15) is 0 Å². The number of benzene rings is 1. The van der Waals surface area contributed by atoms with E-state index in [0.29, 0.717) is 0 Å². The monoisotopic (exact) mass is 284 g/mol. The maximum Gasteiger partial charge on any atom is 0.0795 e. The van der Waals surface area contributed by atoms with Gasteiger partial charge in [-0.25, -0.2) is 4.98 Å². The third-order valence-electron chi connectivity index (χ3n) is 3.34. The molecule has 0 saturated heterocycles. The molecule has 0 radical (unpaired) electrons. The zero-order valence-corrected chi connectivity index (χ0v) is 12.3. The molecule has 102 valence electrons. The van der Waals surface area contributed by atoms with Crippen LogP contribution in [0, 0.1) is 6.92 Å². The number of thiazole rings is 1. The molecular weight excluding hydrogens is 268 g/mol. The van der Waals surface area contributed by atoms with Crippen molar-refractivity contribution >= 4 is 33.5 Å². The minimum atomic E-state index is 0.762. The highest BCUT2D eigenvalue weighted by molar-refractivity contribution is 7.07. The number of nitrogens with two attached hydrogens (primary N) is 1. The van der Waals surface area contributed by atoms with Gasteiger partial charge in [-0.1, -0.05) is 0 Å². The van der Waals surface area contributed by atoms with E-state index in [2.05, 4.69) is 39.4 Å². The van der Waals surface area contributed by atoms with Gasteiger partial charge in [-0.3, -0.25) is 4.98 Å². The van der Waals surface area contributed by atoms with E-state index in [0.717, 1.165) is 40.1 Å². The number of aryl methyl sites for hydroxylation is 1. The fourth-order valence-corrected chi connectivity index (χ4v) is 2.88. The highest BCUT2D eigenvalue weighted by Gasteiger charge is 2.10. The lowest BCUT2D eigenvalue weighted by molar-refractivity contribution is 0.899. The van der Waals surface area contributed by atoms with E-state index < -0.39 is 0 Å². The summed E-state index contributed by atoms with van der Waals surface area (Å²) >= 11 is 1.62. The Bertz CT molecular complexity index is 737. The van der Waals surface area contributed by atoms with E-state index in [1.165, 1.54) is 0 Å². The van der Waals surface area contributed by atoms with Crippen LogP contribution in [0.25, 0.3) is 10.8 Å².